The minimum atomic E-state index is -3.63. The number of hydrogen-bond acceptors (Lipinski definition) is 5. The van der Waals surface area contributed by atoms with Crippen LogP contribution in [0.4, 0.5) is 5.69 Å². The lowest BCUT2D eigenvalue weighted by Crippen LogP contribution is -2.31. The number of rotatable bonds is 5. The lowest BCUT2D eigenvalue weighted by Gasteiger charge is -2.24. The molecule has 0 unspecified atom stereocenters. The Morgan fingerprint density at radius 3 is 2.59 bits per heavy atom. The van der Waals surface area contributed by atoms with Crippen molar-refractivity contribution in [3.63, 3.8) is 0 Å². The Bertz CT molecular complexity index is 767. The zero-order chi connectivity index (χ0) is 16.3. The van der Waals surface area contributed by atoms with E-state index in [1.807, 2.05) is 6.92 Å². The molecule has 118 valence electrons. The zero-order valence-corrected chi connectivity index (χ0v) is 14.2. The molecule has 0 saturated carbocycles. The van der Waals surface area contributed by atoms with Crippen LogP contribution in [-0.4, -0.2) is 28.0 Å². The Kier molecular flexibility index (Phi) is 4.87. The second-order valence-corrected chi connectivity index (χ2v) is 7.63. The van der Waals surface area contributed by atoms with E-state index in [4.69, 9.17) is 4.74 Å². The van der Waals surface area contributed by atoms with E-state index in [0.717, 1.165) is 5.56 Å². The van der Waals surface area contributed by atoms with Gasteiger partial charge in [-0.3, -0.25) is 4.31 Å². The smallest absolute Gasteiger partial charge is 0.337 e. The van der Waals surface area contributed by atoms with Gasteiger partial charge in [0.05, 0.1) is 18.4 Å². The molecular weight excluding hydrogens is 322 g/mol. The summed E-state index contributed by atoms with van der Waals surface area (Å²) in [7, 11) is -2.34. The number of aryl methyl sites for hydroxylation is 1. The molecule has 0 amide bonds. The van der Waals surface area contributed by atoms with Crippen LogP contribution >= 0.6 is 11.3 Å². The maximum atomic E-state index is 12.7. The third-order valence-electron chi connectivity index (χ3n) is 3.23. The molecule has 0 N–H and O–H groups in total. The third-order valence-corrected chi connectivity index (χ3v) is 6.49. The van der Waals surface area contributed by atoms with Gasteiger partial charge in [-0.1, -0.05) is 12.1 Å². The molecule has 2 rings (SSSR count). The minimum absolute atomic E-state index is 0.270. The number of nitrogens with zero attached hydrogens (tertiary/aromatic N) is 1. The average molecular weight is 339 g/mol. The highest BCUT2D eigenvalue weighted by Crippen LogP contribution is 2.29. The van der Waals surface area contributed by atoms with Crippen LogP contribution in [0.3, 0.4) is 0 Å². The Morgan fingerprint density at radius 1 is 1.32 bits per heavy atom. The molecule has 0 spiro atoms. The van der Waals surface area contributed by atoms with E-state index in [2.05, 4.69) is 0 Å². The first-order chi connectivity index (χ1) is 10.4. The van der Waals surface area contributed by atoms with Gasteiger partial charge in [0, 0.05) is 6.54 Å². The second-order valence-electron chi connectivity index (χ2n) is 4.59. The normalized spacial score (nSPS) is 11.2. The first kappa shape index (κ1) is 16.5. The van der Waals surface area contributed by atoms with Gasteiger partial charge in [-0.15, -0.1) is 11.3 Å². The summed E-state index contributed by atoms with van der Waals surface area (Å²) in [6.45, 7) is 3.84. The summed E-state index contributed by atoms with van der Waals surface area (Å²) in [4.78, 5) is 11.7. The molecule has 22 heavy (non-hydrogen) atoms. The standard InChI is InChI=1S/C15H17NO4S2/c1-4-16(22(18,19)14-6-5-9-21-14)13-10-12(15(17)20-3)8-7-11(13)2/h5-10H,4H2,1-3H3. The number of hydrogen-bond donors (Lipinski definition) is 0. The summed E-state index contributed by atoms with van der Waals surface area (Å²) >= 11 is 1.17. The van der Waals surface area contributed by atoms with Crippen molar-refractivity contribution in [3.8, 4) is 0 Å². The highest BCUT2D eigenvalue weighted by molar-refractivity contribution is 7.94. The molecule has 0 fully saturated rings. The molecule has 0 aliphatic carbocycles. The number of sulfonamides is 1. The van der Waals surface area contributed by atoms with Gasteiger partial charge in [0.25, 0.3) is 10.0 Å². The highest BCUT2D eigenvalue weighted by atomic mass is 32.2. The molecular formula is C15H17NO4S2. The quantitative estimate of drug-likeness (QED) is 0.786. The lowest BCUT2D eigenvalue weighted by atomic mass is 10.1. The van der Waals surface area contributed by atoms with Gasteiger partial charge in [-0.2, -0.15) is 0 Å². The zero-order valence-electron chi connectivity index (χ0n) is 12.6. The molecule has 0 radical (unpaired) electrons. The predicted molar refractivity (Wildman–Crippen MR) is 87.0 cm³/mol. The van der Waals surface area contributed by atoms with Crippen LogP contribution in [-0.2, 0) is 14.8 Å². The van der Waals surface area contributed by atoms with E-state index < -0.39 is 16.0 Å². The van der Waals surface area contributed by atoms with E-state index in [-0.39, 0.29) is 10.8 Å². The molecule has 1 heterocycles. The van der Waals surface area contributed by atoms with Crippen molar-refractivity contribution < 1.29 is 17.9 Å². The van der Waals surface area contributed by atoms with E-state index in [1.54, 1.807) is 42.6 Å². The summed E-state index contributed by atoms with van der Waals surface area (Å²) in [5.41, 5.74) is 1.58. The number of ether oxygens (including phenoxy) is 1. The number of benzene rings is 1. The Hall–Kier alpha value is -1.86. The third kappa shape index (κ3) is 3.00. The summed E-state index contributed by atoms with van der Waals surface area (Å²) in [5, 5.41) is 1.72. The summed E-state index contributed by atoms with van der Waals surface area (Å²) in [5.74, 6) is -0.495. The SMILES string of the molecule is CCN(c1cc(C(=O)OC)ccc1C)S(=O)(=O)c1cccs1. The molecule has 0 aliphatic rings. The van der Waals surface area contributed by atoms with Crippen molar-refractivity contribution in [2.24, 2.45) is 0 Å². The van der Waals surface area contributed by atoms with E-state index in [0.29, 0.717) is 11.3 Å². The number of anilines is 1. The second kappa shape index (κ2) is 6.50. The maximum Gasteiger partial charge on any atom is 0.337 e. The van der Waals surface area contributed by atoms with Gasteiger partial charge in [0.2, 0.25) is 0 Å². The first-order valence-corrected chi connectivity index (χ1v) is 8.99. The fourth-order valence-corrected chi connectivity index (χ4v) is 4.75. The fraction of sp³-hybridized carbons (Fsp3) is 0.267. The molecule has 0 bridgehead atoms. The average Bonchev–Trinajstić information content (AvgIpc) is 3.04. The van der Waals surface area contributed by atoms with Gasteiger partial charge in [-0.05, 0) is 43.0 Å². The topological polar surface area (TPSA) is 63.7 Å². The van der Waals surface area contributed by atoms with Crippen LogP contribution in [0.5, 0.6) is 0 Å². The molecule has 0 aliphatic heterocycles. The number of esters is 1. The van der Waals surface area contributed by atoms with Crippen molar-refractivity contribution >= 4 is 33.0 Å². The Balaban J connectivity index is 2.54. The molecule has 1 aromatic heterocycles. The molecule has 7 heteroatoms. The molecule has 0 saturated heterocycles. The summed E-state index contributed by atoms with van der Waals surface area (Å²) in [6, 6.07) is 8.16. The lowest BCUT2D eigenvalue weighted by molar-refractivity contribution is 0.0600. The van der Waals surface area contributed by atoms with Crippen LogP contribution in [0.15, 0.2) is 39.9 Å². The van der Waals surface area contributed by atoms with Crippen molar-refractivity contribution in [1.82, 2.24) is 0 Å². The monoisotopic (exact) mass is 339 g/mol. The van der Waals surface area contributed by atoms with Gasteiger partial charge in [0.15, 0.2) is 0 Å². The predicted octanol–water partition coefficient (Wildman–Crippen LogP) is 3.06. The van der Waals surface area contributed by atoms with E-state index in [9.17, 15) is 13.2 Å². The van der Waals surface area contributed by atoms with Crippen LogP contribution in [0.2, 0.25) is 0 Å². The summed E-state index contributed by atoms with van der Waals surface area (Å²) < 4.78 is 31.8. The molecule has 5 nitrogen and oxygen atoms in total. The van der Waals surface area contributed by atoms with Gasteiger partial charge >= 0.3 is 5.97 Å². The Morgan fingerprint density at radius 2 is 2.05 bits per heavy atom. The number of carbonyl (C=O) groups is 1. The van der Waals surface area contributed by atoms with Crippen LogP contribution in [0.1, 0.15) is 22.8 Å². The van der Waals surface area contributed by atoms with E-state index in [1.165, 1.54) is 22.8 Å². The molecule has 2 aromatic rings. The number of methoxy groups -OCH3 is 1. The van der Waals surface area contributed by atoms with Crippen molar-refractivity contribution in [2.75, 3.05) is 18.0 Å². The van der Waals surface area contributed by atoms with Crippen molar-refractivity contribution in [1.29, 1.82) is 0 Å². The Labute approximate surface area is 134 Å². The van der Waals surface area contributed by atoms with Crippen molar-refractivity contribution in [3.05, 3.63) is 46.8 Å². The summed E-state index contributed by atoms with van der Waals surface area (Å²) in [6.07, 6.45) is 0. The number of carbonyl (C=O) groups excluding carboxylic acids is 1. The fourth-order valence-electron chi connectivity index (χ4n) is 2.11. The minimum Gasteiger partial charge on any atom is -0.465 e. The number of thiophene rings is 1. The van der Waals surface area contributed by atoms with Crippen LogP contribution in [0.25, 0.3) is 0 Å². The van der Waals surface area contributed by atoms with Crippen LogP contribution in [0, 0.1) is 6.92 Å². The van der Waals surface area contributed by atoms with Gasteiger partial charge in [0.1, 0.15) is 4.21 Å². The molecule has 1 aromatic carbocycles. The van der Waals surface area contributed by atoms with Gasteiger partial charge < -0.3 is 4.74 Å². The first-order valence-electron chi connectivity index (χ1n) is 6.67. The molecule has 0 atom stereocenters. The van der Waals surface area contributed by atoms with Crippen molar-refractivity contribution in [2.45, 2.75) is 18.1 Å². The largest absolute Gasteiger partial charge is 0.465 e. The highest BCUT2D eigenvalue weighted by Gasteiger charge is 2.26. The maximum absolute atomic E-state index is 12.7. The van der Waals surface area contributed by atoms with Crippen LogP contribution < -0.4 is 4.31 Å². The van der Waals surface area contributed by atoms with E-state index >= 15 is 0 Å². The van der Waals surface area contributed by atoms with Gasteiger partial charge in [-0.25, -0.2) is 13.2 Å².